The number of aromatic nitrogens is 1. The standard InChI is InChI=1S/C23H23Cl2NO2/c1-3-17-5-4-6-19(13-17)28-15-22-20(24)14-21(25)23(27)26(22)12-11-18-9-7-16(2)8-10-18/h4-10,13-14H,3,11-12,15H2,1-2H3. The zero-order valence-electron chi connectivity index (χ0n) is 16.0. The highest BCUT2D eigenvalue weighted by atomic mass is 35.5. The smallest absolute Gasteiger partial charge is 0.269 e. The predicted octanol–water partition coefficient (Wildman–Crippen LogP) is 5.85. The molecule has 0 atom stereocenters. The fourth-order valence-electron chi connectivity index (χ4n) is 3.02. The molecule has 0 fully saturated rings. The zero-order chi connectivity index (χ0) is 20.1. The van der Waals surface area contributed by atoms with E-state index in [0.29, 0.717) is 23.7 Å². The number of halogens is 2. The maximum atomic E-state index is 12.6. The molecule has 5 heteroatoms. The molecule has 1 aromatic heterocycles. The Morgan fingerprint density at radius 3 is 2.43 bits per heavy atom. The Balaban J connectivity index is 1.84. The third-order valence-electron chi connectivity index (χ3n) is 4.73. The summed E-state index contributed by atoms with van der Waals surface area (Å²) in [7, 11) is 0. The van der Waals surface area contributed by atoms with Crippen LogP contribution in [0, 0.1) is 6.92 Å². The van der Waals surface area contributed by atoms with Crippen molar-refractivity contribution in [2.24, 2.45) is 0 Å². The van der Waals surface area contributed by atoms with Crippen molar-refractivity contribution in [3.8, 4) is 5.75 Å². The highest BCUT2D eigenvalue weighted by molar-refractivity contribution is 6.34. The maximum absolute atomic E-state index is 12.6. The van der Waals surface area contributed by atoms with Gasteiger partial charge in [-0.1, -0.05) is 72.1 Å². The summed E-state index contributed by atoms with van der Waals surface area (Å²) in [6.45, 7) is 4.83. The molecule has 3 nitrogen and oxygen atoms in total. The van der Waals surface area contributed by atoms with Crippen LogP contribution in [0.15, 0.2) is 59.4 Å². The highest BCUT2D eigenvalue weighted by Gasteiger charge is 2.14. The van der Waals surface area contributed by atoms with E-state index in [9.17, 15) is 4.79 Å². The summed E-state index contributed by atoms with van der Waals surface area (Å²) < 4.78 is 7.55. The van der Waals surface area contributed by atoms with E-state index in [1.54, 1.807) is 4.57 Å². The molecule has 3 aromatic rings. The van der Waals surface area contributed by atoms with Gasteiger partial charge in [0, 0.05) is 6.54 Å². The third-order valence-corrected chi connectivity index (χ3v) is 5.33. The molecule has 2 aromatic carbocycles. The van der Waals surface area contributed by atoms with Crippen LogP contribution in [0.4, 0.5) is 0 Å². The average molecular weight is 416 g/mol. The van der Waals surface area contributed by atoms with E-state index in [0.717, 1.165) is 17.7 Å². The zero-order valence-corrected chi connectivity index (χ0v) is 17.6. The first-order chi connectivity index (χ1) is 13.5. The van der Waals surface area contributed by atoms with E-state index in [4.69, 9.17) is 27.9 Å². The Labute approximate surface area is 175 Å². The number of pyridine rings is 1. The predicted molar refractivity (Wildman–Crippen MR) is 116 cm³/mol. The quantitative estimate of drug-likeness (QED) is 0.484. The Hall–Kier alpha value is -2.23. The Kier molecular flexibility index (Phi) is 6.82. The van der Waals surface area contributed by atoms with Gasteiger partial charge in [-0.3, -0.25) is 4.79 Å². The molecule has 0 aliphatic heterocycles. The summed E-state index contributed by atoms with van der Waals surface area (Å²) in [5, 5.41) is 0.547. The van der Waals surface area contributed by atoms with Crippen molar-refractivity contribution in [1.82, 2.24) is 4.57 Å². The molecular weight excluding hydrogens is 393 g/mol. The lowest BCUT2D eigenvalue weighted by Crippen LogP contribution is -2.26. The molecule has 0 bridgehead atoms. The molecule has 0 aliphatic carbocycles. The van der Waals surface area contributed by atoms with Crippen molar-refractivity contribution in [1.29, 1.82) is 0 Å². The topological polar surface area (TPSA) is 31.2 Å². The van der Waals surface area contributed by atoms with Gasteiger partial charge in [0.05, 0.1) is 10.7 Å². The first-order valence-corrected chi connectivity index (χ1v) is 10.1. The molecule has 0 unspecified atom stereocenters. The van der Waals surface area contributed by atoms with Crippen molar-refractivity contribution < 1.29 is 4.74 Å². The number of ether oxygens (including phenoxy) is 1. The summed E-state index contributed by atoms with van der Waals surface area (Å²) in [6.07, 6.45) is 1.63. The van der Waals surface area contributed by atoms with Crippen molar-refractivity contribution >= 4 is 23.2 Å². The van der Waals surface area contributed by atoms with E-state index < -0.39 is 0 Å². The normalized spacial score (nSPS) is 10.9. The lowest BCUT2D eigenvalue weighted by Gasteiger charge is -2.16. The molecule has 0 spiro atoms. The summed E-state index contributed by atoms with van der Waals surface area (Å²) in [5.74, 6) is 0.753. The van der Waals surface area contributed by atoms with Crippen LogP contribution >= 0.6 is 23.2 Å². The minimum Gasteiger partial charge on any atom is -0.487 e. The number of nitrogens with zero attached hydrogens (tertiary/aromatic N) is 1. The van der Waals surface area contributed by atoms with Crippen LogP contribution < -0.4 is 10.3 Å². The van der Waals surface area contributed by atoms with Crippen molar-refractivity contribution in [3.05, 3.63) is 97.4 Å². The number of hydrogen-bond acceptors (Lipinski definition) is 2. The molecule has 146 valence electrons. The molecule has 0 saturated carbocycles. The second kappa shape index (κ2) is 9.31. The fourth-order valence-corrected chi connectivity index (χ4v) is 3.56. The number of benzene rings is 2. The Morgan fingerprint density at radius 1 is 0.964 bits per heavy atom. The van der Waals surface area contributed by atoms with Gasteiger partial charge in [-0.15, -0.1) is 0 Å². The Bertz CT molecular complexity index is 1010. The summed E-state index contributed by atoms with van der Waals surface area (Å²) in [5.41, 5.74) is 3.92. The maximum Gasteiger partial charge on any atom is 0.269 e. The van der Waals surface area contributed by atoms with Gasteiger partial charge in [0.2, 0.25) is 0 Å². The van der Waals surface area contributed by atoms with Crippen LogP contribution in [0.25, 0.3) is 0 Å². The van der Waals surface area contributed by atoms with Crippen molar-refractivity contribution in [3.63, 3.8) is 0 Å². The van der Waals surface area contributed by atoms with Crippen LogP contribution in [0.1, 0.15) is 29.3 Å². The molecule has 0 aliphatic rings. The molecule has 0 saturated heterocycles. The van der Waals surface area contributed by atoms with Crippen molar-refractivity contribution in [2.75, 3.05) is 0 Å². The molecular formula is C23H23Cl2NO2. The first kappa shape index (κ1) is 20.5. The van der Waals surface area contributed by atoms with E-state index in [-0.39, 0.29) is 17.2 Å². The van der Waals surface area contributed by atoms with Gasteiger partial charge < -0.3 is 9.30 Å². The molecule has 3 rings (SSSR count). The van der Waals surface area contributed by atoms with Crippen LogP contribution in [-0.2, 0) is 26.0 Å². The fraction of sp³-hybridized carbons (Fsp3) is 0.261. The van der Waals surface area contributed by atoms with Gasteiger partial charge in [-0.25, -0.2) is 0 Å². The van der Waals surface area contributed by atoms with E-state index in [2.05, 4.69) is 37.3 Å². The number of rotatable bonds is 7. The van der Waals surface area contributed by atoms with Gasteiger partial charge in [-0.05, 0) is 49.1 Å². The second-order valence-electron chi connectivity index (χ2n) is 6.77. The summed E-state index contributed by atoms with van der Waals surface area (Å²) in [4.78, 5) is 12.6. The largest absolute Gasteiger partial charge is 0.487 e. The average Bonchev–Trinajstić information content (AvgIpc) is 2.70. The highest BCUT2D eigenvalue weighted by Crippen LogP contribution is 2.22. The third kappa shape index (κ3) is 4.98. The van der Waals surface area contributed by atoms with E-state index >= 15 is 0 Å². The lowest BCUT2D eigenvalue weighted by molar-refractivity contribution is 0.292. The van der Waals surface area contributed by atoms with Gasteiger partial charge >= 0.3 is 0 Å². The number of aryl methyl sites for hydroxylation is 3. The molecule has 0 radical (unpaired) electrons. The SMILES string of the molecule is CCc1cccc(OCc2c(Cl)cc(Cl)c(=O)n2CCc2ccc(C)cc2)c1. The van der Waals surface area contributed by atoms with Crippen LogP contribution in [0.2, 0.25) is 10.0 Å². The van der Waals surface area contributed by atoms with Gasteiger partial charge in [0.1, 0.15) is 17.4 Å². The molecule has 0 N–H and O–H groups in total. The molecule has 0 amide bonds. The Morgan fingerprint density at radius 2 is 1.71 bits per heavy atom. The van der Waals surface area contributed by atoms with Crippen LogP contribution in [-0.4, -0.2) is 4.57 Å². The lowest BCUT2D eigenvalue weighted by atomic mass is 10.1. The van der Waals surface area contributed by atoms with Gasteiger partial charge in [0.15, 0.2) is 0 Å². The summed E-state index contributed by atoms with van der Waals surface area (Å²) >= 11 is 12.5. The van der Waals surface area contributed by atoms with E-state index in [1.807, 2.05) is 25.1 Å². The van der Waals surface area contributed by atoms with Crippen LogP contribution in [0.3, 0.4) is 0 Å². The molecule has 28 heavy (non-hydrogen) atoms. The minimum atomic E-state index is -0.251. The minimum absolute atomic E-state index is 0.116. The summed E-state index contributed by atoms with van der Waals surface area (Å²) in [6, 6.07) is 17.7. The van der Waals surface area contributed by atoms with Gasteiger partial charge in [-0.2, -0.15) is 0 Å². The first-order valence-electron chi connectivity index (χ1n) is 9.33. The number of hydrogen-bond donors (Lipinski definition) is 0. The van der Waals surface area contributed by atoms with E-state index in [1.165, 1.54) is 17.2 Å². The second-order valence-corrected chi connectivity index (χ2v) is 7.58. The van der Waals surface area contributed by atoms with Crippen LogP contribution in [0.5, 0.6) is 5.75 Å². The molecule has 1 heterocycles. The van der Waals surface area contributed by atoms with Crippen molar-refractivity contribution in [2.45, 2.75) is 39.8 Å². The van der Waals surface area contributed by atoms with Gasteiger partial charge in [0.25, 0.3) is 5.56 Å². The monoisotopic (exact) mass is 415 g/mol.